The van der Waals surface area contributed by atoms with Crippen LogP contribution in [-0.4, -0.2) is 69.3 Å². The second kappa shape index (κ2) is 10.6. The molecule has 0 aliphatic carbocycles. The summed E-state index contributed by atoms with van der Waals surface area (Å²) in [6, 6.07) is 1.73. The molecule has 1 amide bonds. The van der Waals surface area contributed by atoms with E-state index in [9.17, 15) is 13.2 Å². The first-order valence-electron chi connectivity index (χ1n) is 9.97. The maximum Gasteiger partial charge on any atom is 0.291 e. The van der Waals surface area contributed by atoms with Gasteiger partial charge in [-0.3, -0.25) is 4.79 Å². The summed E-state index contributed by atoms with van der Waals surface area (Å²) in [6.07, 6.45) is 6.82. The van der Waals surface area contributed by atoms with Crippen molar-refractivity contribution in [1.82, 2.24) is 29.0 Å². The molecule has 0 spiro atoms. The van der Waals surface area contributed by atoms with Crippen LogP contribution in [0, 0.1) is 0 Å². The number of carbonyl (C=O) groups excluding carboxylic acids is 1. The van der Waals surface area contributed by atoms with E-state index in [0.29, 0.717) is 49.0 Å². The van der Waals surface area contributed by atoms with Crippen LogP contribution in [0.1, 0.15) is 35.9 Å². The van der Waals surface area contributed by atoms with Crippen molar-refractivity contribution in [3.63, 3.8) is 0 Å². The molecule has 3 heterocycles. The molecule has 0 fully saturated rings. The van der Waals surface area contributed by atoms with E-state index in [1.165, 1.54) is 12.4 Å². The summed E-state index contributed by atoms with van der Waals surface area (Å²) in [4.78, 5) is 27.0. The quantitative estimate of drug-likeness (QED) is 0.348. The van der Waals surface area contributed by atoms with Crippen molar-refractivity contribution in [2.24, 2.45) is 0 Å². The van der Waals surface area contributed by atoms with Crippen molar-refractivity contribution in [3.8, 4) is 5.88 Å². The molecular weight excluding hydrogens is 536 g/mol. The number of aromatic nitrogens is 5. The molecule has 3 aromatic rings. The molecule has 0 unspecified atom stereocenters. The molecular formula is C20H22BrClN6O4S. The molecule has 0 radical (unpaired) electrons. The first kappa shape index (κ1) is 25.1. The molecule has 3 aromatic heterocycles. The van der Waals surface area contributed by atoms with E-state index in [4.69, 9.17) is 16.3 Å². The molecule has 0 bridgehead atoms. The van der Waals surface area contributed by atoms with E-state index >= 15 is 0 Å². The largest absolute Gasteiger partial charge is 0.477 e. The van der Waals surface area contributed by atoms with Crippen molar-refractivity contribution >= 4 is 60.6 Å². The van der Waals surface area contributed by atoms with Gasteiger partial charge >= 0.3 is 0 Å². The lowest BCUT2D eigenvalue weighted by molar-refractivity contribution is 0.0747. The second-order valence-electron chi connectivity index (χ2n) is 7.02. The standard InChI is InChI=1S/C20H22BrClN6O4S/c1-4-13-10-14(22)11-24-19(13)32-9-7-6-8-27(5-2)20(29)18-23-12-15-16(25-18)17(21)26-28(15)33(3,30)31/h4,10-12H,1,5-9H2,2-3H3. The van der Waals surface area contributed by atoms with Crippen LogP contribution in [0.25, 0.3) is 17.1 Å². The lowest BCUT2D eigenvalue weighted by atomic mass is 10.2. The van der Waals surface area contributed by atoms with Crippen molar-refractivity contribution in [2.45, 2.75) is 19.8 Å². The number of rotatable bonds is 10. The molecule has 0 atom stereocenters. The van der Waals surface area contributed by atoms with Crippen LogP contribution >= 0.6 is 27.5 Å². The van der Waals surface area contributed by atoms with Gasteiger partial charge in [0.2, 0.25) is 11.7 Å². The van der Waals surface area contributed by atoms with E-state index in [1.54, 1.807) is 17.0 Å². The highest BCUT2D eigenvalue weighted by Crippen LogP contribution is 2.23. The summed E-state index contributed by atoms with van der Waals surface area (Å²) >= 11 is 9.12. The molecule has 0 saturated heterocycles. The van der Waals surface area contributed by atoms with Gasteiger partial charge in [0.25, 0.3) is 15.9 Å². The summed E-state index contributed by atoms with van der Waals surface area (Å²) in [5.74, 6) is 0.0720. The molecule has 0 saturated carbocycles. The molecule has 13 heteroatoms. The van der Waals surface area contributed by atoms with E-state index in [0.717, 1.165) is 10.3 Å². The third-order valence-corrected chi connectivity index (χ3v) is 6.30. The first-order chi connectivity index (χ1) is 15.7. The van der Waals surface area contributed by atoms with Crippen molar-refractivity contribution in [1.29, 1.82) is 0 Å². The van der Waals surface area contributed by atoms with E-state index in [1.807, 2.05) is 6.92 Å². The minimum Gasteiger partial charge on any atom is -0.477 e. The molecule has 0 N–H and O–H groups in total. The summed E-state index contributed by atoms with van der Waals surface area (Å²) in [5.41, 5.74) is 1.15. The molecule has 10 nitrogen and oxygen atoms in total. The molecule has 33 heavy (non-hydrogen) atoms. The predicted molar refractivity (Wildman–Crippen MR) is 129 cm³/mol. The number of halogens is 2. The molecule has 0 aliphatic heterocycles. The third-order valence-electron chi connectivity index (χ3n) is 4.65. The van der Waals surface area contributed by atoms with Crippen LogP contribution in [0.15, 0.2) is 29.6 Å². The Bertz CT molecular complexity index is 1300. The number of carbonyl (C=O) groups is 1. The summed E-state index contributed by atoms with van der Waals surface area (Å²) in [6.45, 7) is 6.94. The fraction of sp³-hybridized carbons (Fsp3) is 0.350. The lowest BCUT2D eigenvalue weighted by Gasteiger charge is -2.20. The van der Waals surface area contributed by atoms with Gasteiger partial charge in [-0.15, -0.1) is 5.10 Å². The van der Waals surface area contributed by atoms with Gasteiger partial charge in [-0.2, -0.15) is 4.09 Å². The molecule has 3 rings (SSSR count). The Kier molecular flexibility index (Phi) is 8.03. The molecule has 0 aromatic carbocycles. The fourth-order valence-electron chi connectivity index (χ4n) is 3.03. The van der Waals surface area contributed by atoms with Gasteiger partial charge in [0.1, 0.15) is 11.0 Å². The Morgan fingerprint density at radius 1 is 1.33 bits per heavy atom. The zero-order valence-electron chi connectivity index (χ0n) is 18.0. The monoisotopic (exact) mass is 556 g/mol. The number of nitrogens with zero attached hydrogens (tertiary/aromatic N) is 6. The minimum absolute atomic E-state index is 0.0321. The van der Waals surface area contributed by atoms with Crippen molar-refractivity contribution in [2.75, 3.05) is 26.0 Å². The smallest absolute Gasteiger partial charge is 0.291 e. The van der Waals surface area contributed by atoms with Gasteiger partial charge < -0.3 is 9.64 Å². The number of ether oxygens (including phenoxy) is 1. The highest BCUT2D eigenvalue weighted by molar-refractivity contribution is 9.10. The first-order valence-corrected chi connectivity index (χ1v) is 13.0. The maximum atomic E-state index is 12.9. The van der Waals surface area contributed by atoms with E-state index in [-0.39, 0.29) is 27.4 Å². The Morgan fingerprint density at radius 3 is 2.76 bits per heavy atom. The van der Waals surface area contributed by atoms with E-state index in [2.05, 4.69) is 42.6 Å². The number of fused-ring (bicyclic) bond motifs is 1. The van der Waals surface area contributed by atoms with Gasteiger partial charge in [0, 0.05) is 24.8 Å². The Morgan fingerprint density at radius 2 is 2.09 bits per heavy atom. The summed E-state index contributed by atoms with van der Waals surface area (Å²) in [7, 11) is -3.64. The topological polar surface area (TPSA) is 120 Å². The van der Waals surface area contributed by atoms with Crippen LogP contribution in [0.2, 0.25) is 5.02 Å². The fourth-order valence-corrected chi connectivity index (χ4v) is 4.47. The highest BCUT2D eigenvalue weighted by atomic mass is 79.9. The highest BCUT2D eigenvalue weighted by Gasteiger charge is 2.22. The number of unbranched alkanes of at least 4 members (excludes halogenated alkanes) is 1. The van der Waals surface area contributed by atoms with Crippen LogP contribution in [-0.2, 0) is 10.0 Å². The number of pyridine rings is 1. The zero-order valence-corrected chi connectivity index (χ0v) is 21.2. The lowest BCUT2D eigenvalue weighted by Crippen LogP contribution is -2.33. The van der Waals surface area contributed by atoms with Gasteiger partial charge in [0.15, 0.2) is 4.60 Å². The molecule has 0 aliphatic rings. The van der Waals surface area contributed by atoms with Crippen molar-refractivity contribution < 1.29 is 17.9 Å². The zero-order chi connectivity index (χ0) is 24.2. The predicted octanol–water partition coefficient (Wildman–Crippen LogP) is 3.41. The Hall–Kier alpha value is -2.57. The van der Waals surface area contributed by atoms with Gasteiger partial charge in [-0.25, -0.2) is 23.4 Å². The average Bonchev–Trinajstić information content (AvgIpc) is 3.13. The van der Waals surface area contributed by atoms with Gasteiger partial charge in [-0.1, -0.05) is 24.3 Å². The average molecular weight is 558 g/mol. The van der Waals surface area contributed by atoms with Crippen molar-refractivity contribution in [3.05, 3.63) is 46.1 Å². The number of hydrogen-bond acceptors (Lipinski definition) is 8. The Balaban J connectivity index is 1.61. The summed E-state index contributed by atoms with van der Waals surface area (Å²) < 4.78 is 30.5. The van der Waals surface area contributed by atoms with Gasteiger partial charge in [0.05, 0.1) is 24.1 Å². The number of amides is 1. The van der Waals surface area contributed by atoms with Gasteiger partial charge in [-0.05, 0) is 41.8 Å². The van der Waals surface area contributed by atoms with Crippen LogP contribution < -0.4 is 4.74 Å². The summed E-state index contributed by atoms with van der Waals surface area (Å²) in [5, 5.41) is 4.43. The number of hydrogen-bond donors (Lipinski definition) is 0. The maximum absolute atomic E-state index is 12.9. The normalized spacial score (nSPS) is 11.5. The minimum atomic E-state index is -3.64. The molecule has 176 valence electrons. The van der Waals surface area contributed by atoms with E-state index < -0.39 is 10.0 Å². The van der Waals surface area contributed by atoms with Crippen LogP contribution in [0.5, 0.6) is 5.88 Å². The third kappa shape index (κ3) is 5.87. The van der Waals surface area contributed by atoms with Crippen LogP contribution in [0.3, 0.4) is 0 Å². The Labute approximate surface area is 204 Å². The SMILES string of the molecule is C=Cc1cc(Cl)cnc1OCCCCN(CC)C(=O)c1ncc2c(n1)c(Br)nn2S(C)(=O)=O. The second-order valence-corrected chi connectivity index (χ2v) is 10.0. The van der Waals surface area contributed by atoms with Crippen LogP contribution in [0.4, 0.5) is 0 Å².